The summed E-state index contributed by atoms with van der Waals surface area (Å²) in [5, 5.41) is 3.01. The van der Waals surface area contributed by atoms with Gasteiger partial charge >= 0.3 is 0 Å². The van der Waals surface area contributed by atoms with Gasteiger partial charge in [0.15, 0.2) is 5.78 Å². The number of hydrogen-bond acceptors (Lipinski definition) is 3. The van der Waals surface area contributed by atoms with Crippen LogP contribution in [0.3, 0.4) is 0 Å². The van der Waals surface area contributed by atoms with E-state index in [1.165, 1.54) is 6.54 Å². The van der Waals surface area contributed by atoms with Crippen LogP contribution in [0.25, 0.3) is 0 Å². The average Bonchev–Trinajstić information content (AvgIpc) is 2.59. The molecule has 1 aliphatic rings. The highest BCUT2D eigenvalue weighted by Gasteiger charge is 2.20. The maximum absolute atomic E-state index is 12.1. The molecule has 1 heterocycles. The van der Waals surface area contributed by atoms with Gasteiger partial charge in [0.1, 0.15) is 0 Å². The van der Waals surface area contributed by atoms with Crippen LogP contribution in [-0.4, -0.2) is 42.8 Å². The molecule has 0 aliphatic carbocycles. The lowest BCUT2D eigenvalue weighted by molar-refractivity contribution is -0.121. The number of carbonyl (C=O) groups is 2. The lowest BCUT2D eigenvalue weighted by Crippen LogP contribution is -2.40. The molecule has 1 aromatic rings. The highest BCUT2D eigenvalue weighted by atomic mass is 16.2. The smallest absolute Gasteiger partial charge is 0.220 e. The number of nitrogens with zero attached hydrogens (tertiary/aromatic N) is 1. The Kier molecular flexibility index (Phi) is 7.63. The van der Waals surface area contributed by atoms with Crippen molar-refractivity contribution in [3.05, 3.63) is 35.4 Å². The standard InChI is InChI=1S/C21H32N2O2/c1-16(2)15-23-12-10-18(11-13-23)14-22-21(25)9-8-20(24)19-6-4-17(3)5-7-19/h4-7,16,18H,8-15H2,1-3H3,(H,22,25). The predicted octanol–water partition coefficient (Wildman–Crippen LogP) is 3.44. The zero-order chi connectivity index (χ0) is 18.2. The Morgan fingerprint density at radius 1 is 1.12 bits per heavy atom. The Bertz CT molecular complexity index is 558. The molecule has 0 atom stereocenters. The number of Topliss-reactive ketones (excluding diaryl/α,β-unsaturated/α-hetero) is 1. The van der Waals surface area contributed by atoms with Crippen LogP contribution in [0.1, 0.15) is 55.5 Å². The Balaban J connectivity index is 1.63. The maximum Gasteiger partial charge on any atom is 0.220 e. The van der Waals surface area contributed by atoms with Gasteiger partial charge in [0.25, 0.3) is 0 Å². The number of hydrogen-bond donors (Lipinski definition) is 1. The number of amides is 1. The summed E-state index contributed by atoms with van der Waals surface area (Å²) in [5.74, 6) is 1.31. The second-order valence-electron chi connectivity index (χ2n) is 7.73. The number of likely N-dealkylation sites (tertiary alicyclic amines) is 1. The van der Waals surface area contributed by atoms with Crippen molar-refractivity contribution in [2.75, 3.05) is 26.2 Å². The fourth-order valence-corrected chi connectivity index (χ4v) is 3.35. The molecular formula is C21H32N2O2. The molecule has 0 radical (unpaired) electrons. The van der Waals surface area contributed by atoms with Crippen molar-refractivity contribution in [2.45, 2.75) is 46.5 Å². The topological polar surface area (TPSA) is 49.4 Å². The van der Waals surface area contributed by atoms with Gasteiger partial charge < -0.3 is 10.2 Å². The first kappa shape index (κ1) is 19.6. The highest BCUT2D eigenvalue weighted by molar-refractivity contribution is 5.97. The van der Waals surface area contributed by atoms with Crippen LogP contribution in [-0.2, 0) is 4.79 Å². The molecule has 1 N–H and O–H groups in total. The van der Waals surface area contributed by atoms with Gasteiger partial charge in [0, 0.05) is 31.5 Å². The van der Waals surface area contributed by atoms with Gasteiger partial charge in [0.2, 0.25) is 5.91 Å². The molecule has 0 aromatic heterocycles. The molecule has 0 unspecified atom stereocenters. The maximum atomic E-state index is 12.1. The molecule has 4 nitrogen and oxygen atoms in total. The first-order chi connectivity index (χ1) is 11.9. The highest BCUT2D eigenvalue weighted by Crippen LogP contribution is 2.17. The summed E-state index contributed by atoms with van der Waals surface area (Å²) in [5.41, 5.74) is 1.82. The Morgan fingerprint density at radius 2 is 1.76 bits per heavy atom. The third-order valence-electron chi connectivity index (χ3n) is 4.87. The minimum atomic E-state index is -0.00919. The molecule has 2 rings (SSSR count). The number of rotatable bonds is 8. The average molecular weight is 344 g/mol. The van der Waals surface area contributed by atoms with Crippen LogP contribution < -0.4 is 5.32 Å². The molecule has 1 aromatic carbocycles. The van der Waals surface area contributed by atoms with Gasteiger partial charge in [0.05, 0.1) is 0 Å². The van der Waals surface area contributed by atoms with E-state index in [2.05, 4.69) is 24.1 Å². The second kappa shape index (κ2) is 9.71. The Labute approximate surface area is 152 Å². The minimum absolute atomic E-state index is 0.00919. The van der Waals surface area contributed by atoms with E-state index in [9.17, 15) is 9.59 Å². The number of benzene rings is 1. The molecule has 0 bridgehead atoms. The molecule has 1 amide bonds. The van der Waals surface area contributed by atoms with E-state index in [-0.39, 0.29) is 24.5 Å². The first-order valence-corrected chi connectivity index (χ1v) is 9.53. The summed E-state index contributed by atoms with van der Waals surface area (Å²) in [6.07, 6.45) is 2.85. The number of nitrogens with one attached hydrogen (secondary N) is 1. The molecule has 25 heavy (non-hydrogen) atoms. The summed E-state index contributed by atoms with van der Waals surface area (Å²) in [4.78, 5) is 26.6. The quantitative estimate of drug-likeness (QED) is 0.735. The van der Waals surface area contributed by atoms with Crippen molar-refractivity contribution in [3.63, 3.8) is 0 Å². The van der Waals surface area contributed by atoms with Crippen LogP contribution in [0.15, 0.2) is 24.3 Å². The second-order valence-corrected chi connectivity index (χ2v) is 7.73. The summed E-state index contributed by atoms with van der Waals surface area (Å²) in [6.45, 7) is 10.7. The lowest BCUT2D eigenvalue weighted by Gasteiger charge is -2.33. The number of ketones is 1. The Hall–Kier alpha value is -1.68. The summed E-state index contributed by atoms with van der Waals surface area (Å²) >= 11 is 0. The molecule has 1 aliphatic heterocycles. The fourth-order valence-electron chi connectivity index (χ4n) is 3.35. The van der Waals surface area contributed by atoms with Crippen molar-refractivity contribution < 1.29 is 9.59 Å². The number of aryl methyl sites for hydroxylation is 1. The van der Waals surface area contributed by atoms with Gasteiger partial charge in [-0.25, -0.2) is 0 Å². The number of carbonyl (C=O) groups excluding carboxylic acids is 2. The predicted molar refractivity (Wildman–Crippen MR) is 102 cm³/mol. The summed E-state index contributed by atoms with van der Waals surface area (Å²) in [6, 6.07) is 7.53. The molecular weight excluding hydrogens is 312 g/mol. The SMILES string of the molecule is Cc1ccc(C(=O)CCC(=O)NCC2CCN(CC(C)C)CC2)cc1. The van der Waals surface area contributed by atoms with E-state index in [0.29, 0.717) is 17.4 Å². The van der Waals surface area contributed by atoms with Gasteiger partial charge in [-0.15, -0.1) is 0 Å². The van der Waals surface area contributed by atoms with Crippen molar-refractivity contribution in [1.29, 1.82) is 0 Å². The van der Waals surface area contributed by atoms with Crippen LogP contribution >= 0.6 is 0 Å². The third kappa shape index (κ3) is 6.99. The van der Waals surface area contributed by atoms with Gasteiger partial charge in [-0.05, 0) is 44.7 Å². The van der Waals surface area contributed by atoms with Crippen molar-refractivity contribution in [1.82, 2.24) is 10.2 Å². The fraction of sp³-hybridized carbons (Fsp3) is 0.619. The molecule has 0 saturated carbocycles. The van der Waals surface area contributed by atoms with Gasteiger partial charge in [-0.1, -0.05) is 43.7 Å². The van der Waals surface area contributed by atoms with Crippen molar-refractivity contribution >= 4 is 11.7 Å². The zero-order valence-corrected chi connectivity index (χ0v) is 15.9. The van der Waals surface area contributed by atoms with Crippen molar-refractivity contribution in [3.8, 4) is 0 Å². The largest absolute Gasteiger partial charge is 0.356 e. The number of piperidine rings is 1. The van der Waals surface area contributed by atoms with E-state index in [0.717, 1.165) is 38.0 Å². The van der Waals surface area contributed by atoms with Gasteiger partial charge in [-0.2, -0.15) is 0 Å². The van der Waals surface area contributed by atoms with E-state index in [1.54, 1.807) is 0 Å². The lowest BCUT2D eigenvalue weighted by atomic mass is 9.96. The normalized spacial score (nSPS) is 16.2. The monoisotopic (exact) mass is 344 g/mol. The van der Waals surface area contributed by atoms with Crippen molar-refractivity contribution in [2.24, 2.45) is 11.8 Å². The minimum Gasteiger partial charge on any atom is -0.356 e. The van der Waals surface area contributed by atoms with Crippen LogP contribution in [0.4, 0.5) is 0 Å². The van der Waals surface area contributed by atoms with Crippen LogP contribution in [0, 0.1) is 18.8 Å². The summed E-state index contributed by atoms with van der Waals surface area (Å²) < 4.78 is 0. The third-order valence-corrected chi connectivity index (χ3v) is 4.87. The summed E-state index contributed by atoms with van der Waals surface area (Å²) in [7, 11) is 0. The van der Waals surface area contributed by atoms with E-state index in [1.807, 2.05) is 31.2 Å². The zero-order valence-electron chi connectivity index (χ0n) is 15.9. The van der Waals surface area contributed by atoms with E-state index >= 15 is 0 Å². The molecule has 0 spiro atoms. The van der Waals surface area contributed by atoms with Gasteiger partial charge in [-0.3, -0.25) is 9.59 Å². The van der Waals surface area contributed by atoms with E-state index in [4.69, 9.17) is 0 Å². The van der Waals surface area contributed by atoms with E-state index < -0.39 is 0 Å². The molecule has 1 saturated heterocycles. The molecule has 1 fully saturated rings. The Morgan fingerprint density at radius 3 is 2.36 bits per heavy atom. The van der Waals surface area contributed by atoms with Crippen LogP contribution in [0.5, 0.6) is 0 Å². The molecule has 4 heteroatoms. The molecule has 138 valence electrons. The van der Waals surface area contributed by atoms with Crippen LogP contribution in [0.2, 0.25) is 0 Å². The first-order valence-electron chi connectivity index (χ1n) is 9.53.